The summed E-state index contributed by atoms with van der Waals surface area (Å²) in [6.07, 6.45) is 0. The van der Waals surface area contributed by atoms with Gasteiger partial charge in [0.2, 0.25) is 0 Å². The zero-order valence-electron chi connectivity index (χ0n) is 9.47. The molecule has 0 atom stereocenters. The molecule has 0 aliphatic rings. The van der Waals surface area contributed by atoms with Gasteiger partial charge in [0.25, 0.3) is 17.0 Å². The van der Waals surface area contributed by atoms with E-state index in [-0.39, 0.29) is 0 Å². The predicted molar refractivity (Wildman–Crippen MR) is 63.0 cm³/mol. The molecular weight excluding hydrogens is 216 g/mol. The van der Waals surface area contributed by atoms with Crippen molar-refractivity contribution < 1.29 is 8.23 Å². The number of hydrogen-bond donors (Lipinski definition) is 2. The summed E-state index contributed by atoms with van der Waals surface area (Å²) in [5, 5.41) is 11.8. The van der Waals surface area contributed by atoms with Crippen molar-refractivity contribution in [2.75, 3.05) is 0 Å². The SMILES string of the molecule is C[Si](C)(N)O[Si](C)(C)O[Si](C)(C)N. The second-order valence-corrected chi connectivity index (χ2v) is 15.7. The Morgan fingerprint density at radius 1 is 0.692 bits per heavy atom. The summed E-state index contributed by atoms with van der Waals surface area (Å²) in [6.45, 7) is 11.8. The van der Waals surface area contributed by atoms with E-state index >= 15 is 0 Å². The highest BCUT2D eigenvalue weighted by atomic mass is 28.5. The van der Waals surface area contributed by atoms with Crippen LogP contribution in [0.2, 0.25) is 39.3 Å². The Kier molecular flexibility index (Phi) is 4.08. The van der Waals surface area contributed by atoms with E-state index in [4.69, 9.17) is 19.0 Å². The summed E-state index contributed by atoms with van der Waals surface area (Å²) >= 11 is 0. The molecule has 0 bridgehead atoms. The molecule has 4 N–H and O–H groups in total. The van der Waals surface area contributed by atoms with Crippen LogP contribution in [0.3, 0.4) is 0 Å². The number of nitrogens with two attached hydrogens (primary N) is 2. The monoisotopic (exact) mass is 238 g/mol. The minimum absolute atomic E-state index is 1.95. The van der Waals surface area contributed by atoms with Crippen molar-refractivity contribution in [3.63, 3.8) is 0 Å². The molecule has 0 heterocycles. The Bertz CT molecular complexity index is 156. The second kappa shape index (κ2) is 3.93. The maximum atomic E-state index is 5.89. The zero-order chi connectivity index (χ0) is 10.9. The van der Waals surface area contributed by atoms with Crippen LogP contribution in [-0.2, 0) is 8.23 Å². The third-order valence-corrected chi connectivity index (χ3v) is 9.16. The molecule has 0 aliphatic heterocycles. The lowest BCUT2D eigenvalue weighted by molar-refractivity contribution is 0.390. The van der Waals surface area contributed by atoms with Crippen LogP contribution in [0, 0.1) is 0 Å². The molecule has 80 valence electrons. The van der Waals surface area contributed by atoms with Crippen molar-refractivity contribution in [3.05, 3.63) is 0 Å². The first-order valence-electron chi connectivity index (χ1n) is 4.39. The highest BCUT2D eigenvalue weighted by molar-refractivity contribution is 6.86. The van der Waals surface area contributed by atoms with Crippen LogP contribution in [0.5, 0.6) is 0 Å². The first-order valence-corrected chi connectivity index (χ1v) is 13.2. The van der Waals surface area contributed by atoms with Crippen molar-refractivity contribution in [2.24, 2.45) is 10.8 Å². The molecule has 0 aromatic carbocycles. The van der Waals surface area contributed by atoms with Gasteiger partial charge in [-0.2, -0.15) is 0 Å². The summed E-state index contributed by atoms with van der Waals surface area (Å²) in [5.41, 5.74) is 0. The Hall–Kier alpha value is 0.491. The molecule has 0 aromatic heterocycles. The van der Waals surface area contributed by atoms with Gasteiger partial charge in [-0.15, -0.1) is 0 Å². The van der Waals surface area contributed by atoms with Crippen LogP contribution in [-0.4, -0.2) is 25.5 Å². The van der Waals surface area contributed by atoms with Gasteiger partial charge in [0.1, 0.15) is 0 Å². The minimum atomic E-state index is -2.10. The van der Waals surface area contributed by atoms with Gasteiger partial charge in [0, 0.05) is 0 Å². The third kappa shape index (κ3) is 8.81. The Morgan fingerprint density at radius 3 is 1.08 bits per heavy atom. The van der Waals surface area contributed by atoms with Crippen molar-refractivity contribution in [1.29, 1.82) is 0 Å². The maximum Gasteiger partial charge on any atom is 0.312 e. The van der Waals surface area contributed by atoms with Gasteiger partial charge < -0.3 is 19.0 Å². The molecule has 0 rings (SSSR count). The lowest BCUT2D eigenvalue weighted by Crippen LogP contribution is -2.58. The standard InChI is InChI=1S/C6H22N2O2Si3/c1-11(2,7)9-13(5,6)10-12(3,4)8/h7-8H2,1-6H3. The lowest BCUT2D eigenvalue weighted by Gasteiger charge is -2.34. The summed E-state index contributed by atoms with van der Waals surface area (Å²) < 4.78 is 11.6. The van der Waals surface area contributed by atoms with Crippen molar-refractivity contribution in [2.45, 2.75) is 39.3 Å². The van der Waals surface area contributed by atoms with Crippen LogP contribution in [0.25, 0.3) is 0 Å². The van der Waals surface area contributed by atoms with Crippen molar-refractivity contribution in [3.8, 4) is 0 Å². The summed E-state index contributed by atoms with van der Waals surface area (Å²) in [4.78, 5) is 0. The van der Waals surface area contributed by atoms with Gasteiger partial charge in [-0.3, -0.25) is 0 Å². The molecule has 0 aliphatic carbocycles. The minimum Gasteiger partial charge on any atom is -0.424 e. The molecule has 0 fully saturated rings. The van der Waals surface area contributed by atoms with Gasteiger partial charge in [0.05, 0.1) is 0 Å². The second-order valence-electron chi connectivity index (χ2n) is 4.81. The molecule has 13 heavy (non-hydrogen) atoms. The zero-order valence-corrected chi connectivity index (χ0v) is 12.5. The van der Waals surface area contributed by atoms with E-state index in [0.717, 1.165) is 0 Å². The molecule has 0 saturated heterocycles. The molecule has 4 nitrogen and oxygen atoms in total. The van der Waals surface area contributed by atoms with E-state index in [0.29, 0.717) is 0 Å². The van der Waals surface area contributed by atoms with Gasteiger partial charge in [-0.25, -0.2) is 0 Å². The summed E-state index contributed by atoms with van der Waals surface area (Å²) in [7, 11) is -6.08. The van der Waals surface area contributed by atoms with E-state index in [1.165, 1.54) is 0 Å². The fourth-order valence-electron chi connectivity index (χ4n) is 1.29. The molecule has 0 spiro atoms. The van der Waals surface area contributed by atoms with Crippen molar-refractivity contribution >= 4 is 25.5 Å². The largest absolute Gasteiger partial charge is 0.424 e. The van der Waals surface area contributed by atoms with Gasteiger partial charge in [-0.05, 0) is 39.3 Å². The summed E-state index contributed by atoms with van der Waals surface area (Å²) in [6, 6.07) is 0. The fraction of sp³-hybridized carbons (Fsp3) is 1.00. The highest BCUT2D eigenvalue weighted by Gasteiger charge is 2.36. The normalized spacial score (nSPS) is 14.8. The Morgan fingerprint density at radius 2 is 0.923 bits per heavy atom. The van der Waals surface area contributed by atoms with Gasteiger partial charge >= 0.3 is 8.56 Å². The van der Waals surface area contributed by atoms with Crippen molar-refractivity contribution in [1.82, 2.24) is 0 Å². The van der Waals surface area contributed by atoms with Gasteiger partial charge in [-0.1, -0.05) is 0 Å². The highest BCUT2D eigenvalue weighted by Crippen LogP contribution is 2.15. The average Bonchev–Trinajstić information content (AvgIpc) is 1.43. The first kappa shape index (κ1) is 13.5. The smallest absolute Gasteiger partial charge is 0.312 e. The van der Waals surface area contributed by atoms with Gasteiger partial charge in [0.15, 0.2) is 0 Å². The molecular formula is C6H22N2O2Si3. The lowest BCUT2D eigenvalue weighted by atomic mass is 11.9. The fourth-order valence-corrected chi connectivity index (χ4v) is 12.0. The van der Waals surface area contributed by atoms with Crippen LogP contribution in [0.15, 0.2) is 0 Å². The van der Waals surface area contributed by atoms with E-state index in [1.54, 1.807) is 0 Å². The van der Waals surface area contributed by atoms with Crippen LogP contribution < -0.4 is 10.8 Å². The Labute approximate surface area is 84.3 Å². The third-order valence-electron chi connectivity index (χ3n) is 1.02. The van der Waals surface area contributed by atoms with E-state index in [2.05, 4.69) is 0 Å². The Balaban J connectivity index is 4.25. The quantitative estimate of drug-likeness (QED) is 0.718. The molecule has 0 amide bonds. The maximum absolute atomic E-state index is 5.89. The predicted octanol–water partition coefficient (Wildman–Crippen LogP) is 1.04. The number of hydrogen-bond acceptors (Lipinski definition) is 4. The van der Waals surface area contributed by atoms with E-state index in [1.807, 2.05) is 39.3 Å². The van der Waals surface area contributed by atoms with Crippen LogP contribution in [0.1, 0.15) is 0 Å². The molecule has 0 unspecified atom stereocenters. The number of rotatable bonds is 4. The summed E-state index contributed by atoms with van der Waals surface area (Å²) in [5.74, 6) is 0. The average molecular weight is 239 g/mol. The molecule has 0 radical (unpaired) electrons. The van der Waals surface area contributed by atoms with Crippen LogP contribution in [0.4, 0.5) is 0 Å². The van der Waals surface area contributed by atoms with E-state index in [9.17, 15) is 0 Å². The molecule has 0 saturated carbocycles. The topological polar surface area (TPSA) is 70.5 Å². The molecule has 7 heteroatoms. The van der Waals surface area contributed by atoms with Crippen LogP contribution >= 0.6 is 0 Å². The van der Waals surface area contributed by atoms with E-state index < -0.39 is 25.5 Å². The molecule has 0 aromatic rings. The first-order chi connectivity index (χ1) is 5.41.